The number of amides is 2. The summed E-state index contributed by atoms with van der Waals surface area (Å²) in [5.74, 6) is 0.409. The molecular formula is C23H32N6O. The summed E-state index contributed by atoms with van der Waals surface area (Å²) >= 11 is 0. The van der Waals surface area contributed by atoms with Crippen LogP contribution in [0.15, 0.2) is 66.4 Å². The highest BCUT2D eigenvalue weighted by molar-refractivity contribution is 5.90. The molecule has 4 N–H and O–H groups in total. The van der Waals surface area contributed by atoms with E-state index >= 15 is 0 Å². The molecule has 1 aromatic rings. The Hall–Kier alpha value is -2.93. The van der Waals surface area contributed by atoms with E-state index in [0.717, 1.165) is 36.1 Å². The average molecular weight is 409 g/mol. The summed E-state index contributed by atoms with van der Waals surface area (Å²) in [6.45, 7) is 10.9. The highest BCUT2D eigenvalue weighted by Crippen LogP contribution is 2.32. The number of hydrogen-bond donors (Lipinski definition) is 3. The molecule has 1 saturated heterocycles. The molecule has 160 valence electrons. The third-order valence-corrected chi connectivity index (χ3v) is 5.78. The number of rotatable bonds is 7. The van der Waals surface area contributed by atoms with Gasteiger partial charge in [-0.2, -0.15) is 0 Å². The first-order valence-corrected chi connectivity index (χ1v) is 10.6. The van der Waals surface area contributed by atoms with Gasteiger partial charge in [-0.05, 0) is 63.1 Å². The Bertz CT molecular complexity index is 841. The number of hydrogen-bond acceptors (Lipinski definition) is 5. The Morgan fingerprint density at radius 3 is 2.80 bits per heavy atom. The van der Waals surface area contributed by atoms with E-state index in [1.54, 1.807) is 17.3 Å². The first-order valence-electron chi connectivity index (χ1n) is 10.6. The molecule has 2 amide bonds. The molecule has 3 rings (SSSR count). The van der Waals surface area contributed by atoms with Gasteiger partial charge in [0.1, 0.15) is 0 Å². The second-order valence-electron chi connectivity index (χ2n) is 7.90. The number of piperidine rings is 1. The van der Waals surface area contributed by atoms with E-state index in [1.807, 2.05) is 13.0 Å². The van der Waals surface area contributed by atoms with Gasteiger partial charge < -0.3 is 11.1 Å². The van der Waals surface area contributed by atoms with Crippen molar-refractivity contribution < 1.29 is 4.79 Å². The van der Waals surface area contributed by atoms with Crippen LogP contribution in [0.1, 0.15) is 45.4 Å². The third kappa shape index (κ3) is 5.36. The number of urea groups is 1. The molecule has 0 aromatic carbocycles. The molecule has 0 spiro atoms. The van der Waals surface area contributed by atoms with Crippen molar-refractivity contribution in [1.29, 1.82) is 0 Å². The molecule has 0 bridgehead atoms. The van der Waals surface area contributed by atoms with Crippen molar-refractivity contribution in [3.63, 3.8) is 0 Å². The zero-order chi connectivity index (χ0) is 21.5. The summed E-state index contributed by atoms with van der Waals surface area (Å²) in [6.07, 6.45) is 14.8. The van der Waals surface area contributed by atoms with E-state index in [-0.39, 0.29) is 12.1 Å². The van der Waals surface area contributed by atoms with Crippen molar-refractivity contribution >= 4 is 11.8 Å². The summed E-state index contributed by atoms with van der Waals surface area (Å²) in [7, 11) is 0. The number of nitrogens with one attached hydrogen (secondary N) is 2. The van der Waals surface area contributed by atoms with Gasteiger partial charge in [-0.25, -0.2) is 9.78 Å². The first kappa shape index (κ1) is 21.8. The Balaban J connectivity index is 1.72. The van der Waals surface area contributed by atoms with Gasteiger partial charge in [-0.1, -0.05) is 25.3 Å². The molecule has 7 nitrogen and oxygen atoms in total. The van der Waals surface area contributed by atoms with E-state index in [0.29, 0.717) is 24.1 Å². The van der Waals surface area contributed by atoms with Crippen LogP contribution in [-0.2, 0) is 0 Å². The standard InChI is InChI=1S/C23H32N6O/c1-16(17(2)27-20-5-4-6-20)7-8-19-9-10-21(11-12-24)29(18(19)3)23(30)28-22-15-25-13-14-26-22/h7-8,13-15,20-21,27H,2-6,9-12,24H2,1H3,(H,26,28,30)/b16-7+,19-8-/t21-/m1/s1. The van der Waals surface area contributed by atoms with Crippen LogP contribution in [0.2, 0.25) is 0 Å². The quantitative estimate of drug-likeness (QED) is 0.595. The Morgan fingerprint density at radius 2 is 2.17 bits per heavy atom. The predicted molar refractivity (Wildman–Crippen MR) is 120 cm³/mol. The van der Waals surface area contributed by atoms with Crippen molar-refractivity contribution in [1.82, 2.24) is 20.2 Å². The fourth-order valence-electron chi connectivity index (χ4n) is 3.68. The number of carbonyl (C=O) groups is 1. The summed E-state index contributed by atoms with van der Waals surface area (Å²) in [5, 5.41) is 6.29. The van der Waals surface area contributed by atoms with Crippen molar-refractivity contribution in [3.8, 4) is 0 Å². The molecule has 2 heterocycles. The topological polar surface area (TPSA) is 96.2 Å². The van der Waals surface area contributed by atoms with Crippen molar-refractivity contribution in [2.45, 2.75) is 57.5 Å². The van der Waals surface area contributed by atoms with Gasteiger partial charge in [0.15, 0.2) is 5.82 Å². The van der Waals surface area contributed by atoms with Crippen LogP contribution < -0.4 is 16.4 Å². The second-order valence-corrected chi connectivity index (χ2v) is 7.90. The lowest BCUT2D eigenvalue weighted by Crippen LogP contribution is -2.45. The Morgan fingerprint density at radius 1 is 1.37 bits per heavy atom. The summed E-state index contributed by atoms with van der Waals surface area (Å²) in [4.78, 5) is 22.8. The van der Waals surface area contributed by atoms with Crippen LogP contribution in [0, 0.1) is 0 Å². The van der Waals surface area contributed by atoms with Gasteiger partial charge in [-0.15, -0.1) is 0 Å². The van der Waals surface area contributed by atoms with Crippen molar-refractivity contribution in [2.24, 2.45) is 5.73 Å². The van der Waals surface area contributed by atoms with Crippen LogP contribution in [0.4, 0.5) is 10.6 Å². The minimum atomic E-state index is -0.263. The summed E-state index contributed by atoms with van der Waals surface area (Å²) in [5.41, 5.74) is 9.56. The number of allylic oxidation sites excluding steroid dienone is 4. The molecule has 2 fully saturated rings. The van der Waals surface area contributed by atoms with Gasteiger partial charge in [0, 0.05) is 35.9 Å². The SMILES string of the molecule is C=C(NC1CCC1)/C(C)=C/C=C1/CC[C@H](CCN)N(C(=O)Nc2cnccn2)C1=C. The van der Waals surface area contributed by atoms with E-state index in [2.05, 4.69) is 39.8 Å². The van der Waals surface area contributed by atoms with Crippen LogP contribution in [-0.4, -0.2) is 39.5 Å². The van der Waals surface area contributed by atoms with E-state index < -0.39 is 0 Å². The Kier molecular flexibility index (Phi) is 7.41. The monoisotopic (exact) mass is 408 g/mol. The maximum absolute atomic E-state index is 13.0. The second kappa shape index (κ2) is 10.2. The lowest BCUT2D eigenvalue weighted by molar-refractivity contribution is 0.195. The predicted octanol–water partition coefficient (Wildman–Crippen LogP) is 3.86. The number of anilines is 1. The molecule has 1 aliphatic heterocycles. The normalized spacial score (nSPS) is 21.3. The van der Waals surface area contributed by atoms with Crippen LogP contribution in [0.5, 0.6) is 0 Å². The van der Waals surface area contributed by atoms with Gasteiger partial charge >= 0.3 is 6.03 Å². The molecule has 30 heavy (non-hydrogen) atoms. The van der Waals surface area contributed by atoms with Crippen molar-refractivity contribution in [2.75, 3.05) is 11.9 Å². The molecule has 1 saturated carbocycles. The highest BCUT2D eigenvalue weighted by Gasteiger charge is 2.31. The molecule has 1 aromatic heterocycles. The van der Waals surface area contributed by atoms with E-state index in [4.69, 9.17) is 5.73 Å². The summed E-state index contributed by atoms with van der Waals surface area (Å²) < 4.78 is 0. The maximum atomic E-state index is 13.0. The number of nitrogens with zero attached hydrogens (tertiary/aromatic N) is 3. The van der Waals surface area contributed by atoms with Crippen LogP contribution in [0.3, 0.4) is 0 Å². The average Bonchev–Trinajstić information content (AvgIpc) is 2.70. The summed E-state index contributed by atoms with van der Waals surface area (Å²) in [6, 6.07) is 0.299. The lowest BCUT2D eigenvalue weighted by atomic mass is 9.92. The van der Waals surface area contributed by atoms with E-state index in [9.17, 15) is 4.79 Å². The van der Waals surface area contributed by atoms with Crippen LogP contribution in [0.25, 0.3) is 0 Å². The van der Waals surface area contributed by atoms with Gasteiger partial charge in [0.2, 0.25) is 0 Å². The molecular weight excluding hydrogens is 376 g/mol. The molecule has 0 radical (unpaired) electrons. The highest BCUT2D eigenvalue weighted by atomic mass is 16.2. The largest absolute Gasteiger partial charge is 0.383 e. The zero-order valence-corrected chi connectivity index (χ0v) is 17.7. The zero-order valence-electron chi connectivity index (χ0n) is 17.7. The maximum Gasteiger partial charge on any atom is 0.327 e. The number of aromatic nitrogens is 2. The van der Waals surface area contributed by atoms with Gasteiger partial charge in [0.05, 0.1) is 6.20 Å². The molecule has 1 atom stereocenters. The Labute approximate surface area is 178 Å². The fourth-order valence-corrected chi connectivity index (χ4v) is 3.68. The first-order chi connectivity index (χ1) is 14.5. The minimum Gasteiger partial charge on any atom is -0.383 e. The van der Waals surface area contributed by atoms with Gasteiger partial charge in [-0.3, -0.25) is 15.2 Å². The van der Waals surface area contributed by atoms with Crippen LogP contribution >= 0.6 is 0 Å². The molecule has 0 unspecified atom stereocenters. The number of carbonyl (C=O) groups excluding carboxylic acids is 1. The number of nitrogens with two attached hydrogens (primary N) is 1. The number of likely N-dealkylation sites (tertiary alicyclic amines) is 1. The molecule has 1 aliphatic carbocycles. The molecule has 7 heteroatoms. The lowest BCUT2D eigenvalue weighted by Gasteiger charge is -2.38. The van der Waals surface area contributed by atoms with Crippen molar-refractivity contribution in [3.05, 3.63) is 66.4 Å². The van der Waals surface area contributed by atoms with E-state index in [1.165, 1.54) is 25.5 Å². The fraction of sp³-hybridized carbons (Fsp3) is 0.435. The third-order valence-electron chi connectivity index (χ3n) is 5.78. The smallest absolute Gasteiger partial charge is 0.327 e. The van der Waals surface area contributed by atoms with Gasteiger partial charge in [0.25, 0.3) is 0 Å². The molecule has 2 aliphatic rings. The minimum absolute atomic E-state index is 0.0108.